The minimum atomic E-state index is -3.33. The molecule has 1 fully saturated rings. The van der Waals surface area contributed by atoms with Gasteiger partial charge in [0.15, 0.2) is 9.84 Å². The van der Waals surface area contributed by atoms with Crippen LogP contribution in [-0.2, 0) is 25.9 Å². The molecule has 0 spiro atoms. The topological polar surface area (TPSA) is 76.6 Å². The lowest BCUT2D eigenvalue weighted by atomic mass is 10.2. The molecule has 7 heteroatoms. The summed E-state index contributed by atoms with van der Waals surface area (Å²) < 4.78 is 29.0. The Bertz CT molecular complexity index is 583. The van der Waals surface area contributed by atoms with Crippen molar-refractivity contribution in [2.45, 2.75) is 32.4 Å². The summed E-state index contributed by atoms with van der Waals surface area (Å²) >= 11 is 0. The second-order valence-corrected chi connectivity index (χ2v) is 7.79. The second kappa shape index (κ2) is 7.69. The van der Waals surface area contributed by atoms with Crippen molar-refractivity contribution in [2.24, 2.45) is 0 Å². The molecule has 0 saturated carbocycles. The van der Waals surface area contributed by atoms with Crippen LogP contribution in [0.4, 0.5) is 0 Å². The van der Waals surface area contributed by atoms with Crippen LogP contribution in [0.2, 0.25) is 0 Å². The van der Waals surface area contributed by atoms with Crippen LogP contribution < -0.4 is 0 Å². The lowest BCUT2D eigenvalue weighted by Gasteiger charge is -2.25. The lowest BCUT2D eigenvalue weighted by molar-refractivity contribution is -0.130. The van der Waals surface area contributed by atoms with Gasteiger partial charge in [0.25, 0.3) is 0 Å². The molecule has 1 saturated heterocycles. The molecule has 22 heavy (non-hydrogen) atoms. The Morgan fingerprint density at radius 2 is 2.14 bits per heavy atom. The normalized spacial score (nSPS) is 18.3. The van der Waals surface area contributed by atoms with E-state index in [1.807, 2.05) is 12.1 Å². The first-order valence-corrected chi connectivity index (χ1v) is 9.31. The maximum atomic E-state index is 12.4. The molecule has 2 heterocycles. The Hall–Kier alpha value is -1.47. The molecule has 2 rings (SSSR count). The highest BCUT2D eigenvalue weighted by Gasteiger charge is 2.25. The second-order valence-electron chi connectivity index (χ2n) is 5.44. The average molecular weight is 326 g/mol. The summed E-state index contributed by atoms with van der Waals surface area (Å²) in [6.07, 6.45) is 5.20. The van der Waals surface area contributed by atoms with E-state index in [0.29, 0.717) is 19.7 Å². The van der Waals surface area contributed by atoms with Crippen LogP contribution in [0.15, 0.2) is 24.5 Å². The number of pyridine rings is 1. The SMILES string of the molecule is CCS(=O)(=O)CC(=O)N(Cc1ccncc1)CC1CCCO1. The number of rotatable bonds is 7. The van der Waals surface area contributed by atoms with Crippen molar-refractivity contribution in [2.75, 3.05) is 24.7 Å². The molecular weight excluding hydrogens is 304 g/mol. The number of nitrogens with zero attached hydrogens (tertiary/aromatic N) is 2. The number of sulfone groups is 1. The quantitative estimate of drug-likeness (QED) is 0.748. The minimum Gasteiger partial charge on any atom is -0.376 e. The van der Waals surface area contributed by atoms with Gasteiger partial charge in [-0.05, 0) is 30.5 Å². The standard InChI is InChI=1S/C15H22N2O4S/c1-2-22(19,20)12-15(18)17(11-14-4-3-9-21-14)10-13-5-7-16-8-6-13/h5-8,14H,2-4,9-12H2,1H3. The Morgan fingerprint density at radius 3 is 2.73 bits per heavy atom. The predicted molar refractivity (Wildman–Crippen MR) is 83.0 cm³/mol. The molecule has 1 aliphatic heterocycles. The van der Waals surface area contributed by atoms with Gasteiger partial charge in [0.2, 0.25) is 5.91 Å². The Labute approximate surface area is 131 Å². The van der Waals surface area contributed by atoms with Gasteiger partial charge in [0.1, 0.15) is 5.75 Å². The molecule has 0 bridgehead atoms. The number of aromatic nitrogens is 1. The Balaban J connectivity index is 2.07. The van der Waals surface area contributed by atoms with Crippen LogP contribution in [0.25, 0.3) is 0 Å². The van der Waals surface area contributed by atoms with E-state index in [1.165, 1.54) is 0 Å². The highest BCUT2D eigenvalue weighted by Crippen LogP contribution is 2.15. The lowest BCUT2D eigenvalue weighted by Crippen LogP contribution is -2.40. The third-order valence-corrected chi connectivity index (χ3v) is 5.27. The zero-order valence-electron chi connectivity index (χ0n) is 12.8. The summed E-state index contributed by atoms with van der Waals surface area (Å²) in [5.41, 5.74) is 0.926. The zero-order valence-corrected chi connectivity index (χ0v) is 13.6. The molecule has 122 valence electrons. The number of carbonyl (C=O) groups is 1. The van der Waals surface area contributed by atoms with Crippen molar-refractivity contribution in [3.8, 4) is 0 Å². The first kappa shape index (κ1) is 16.9. The third-order valence-electron chi connectivity index (χ3n) is 3.71. The average Bonchev–Trinajstić information content (AvgIpc) is 3.00. The van der Waals surface area contributed by atoms with E-state index in [1.54, 1.807) is 24.2 Å². The molecule has 1 atom stereocenters. The van der Waals surface area contributed by atoms with Crippen molar-refractivity contribution in [1.82, 2.24) is 9.88 Å². The van der Waals surface area contributed by atoms with Crippen LogP contribution in [0.5, 0.6) is 0 Å². The summed E-state index contributed by atoms with van der Waals surface area (Å²) in [5, 5.41) is 0. The molecule has 1 amide bonds. The van der Waals surface area contributed by atoms with Crippen LogP contribution in [0, 0.1) is 0 Å². The van der Waals surface area contributed by atoms with Gasteiger partial charge in [0.05, 0.1) is 6.10 Å². The van der Waals surface area contributed by atoms with Gasteiger partial charge in [0, 0.05) is 37.8 Å². The molecule has 6 nitrogen and oxygen atoms in total. The largest absolute Gasteiger partial charge is 0.376 e. The monoisotopic (exact) mass is 326 g/mol. The van der Waals surface area contributed by atoms with Gasteiger partial charge < -0.3 is 9.64 Å². The molecule has 1 aromatic heterocycles. The van der Waals surface area contributed by atoms with Gasteiger partial charge in [-0.3, -0.25) is 9.78 Å². The summed E-state index contributed by atoms with van der Waals surface area (Å²) in [6, 6.07) is 3.65. The minimum absolute atomic E-state index is 0.00452. The Morgan fingerprint density at radius 1 is 1.41 bits per heavy atom. The molecule has 1 aliphatic rings. The Kier molecular flexibility index (Phi) is 5.90. The van der Waals surface area contributed by atoms with E-state index in [-0.39, 0.29) is 17.8 Å². The number of hydrogen-bond acceptors (Lipinski definition) is 5. The molecule has 1 unspecified atom stereocenters. The van der Waals surface area contributed by atoms with E-state index in [2.05, 4.69) is 4.98 Å². The molecule has 0 aliphatic carbocycles. The fourth-order valence-corrected chi connectivity index (χ4v) is 3.14. The van der Waals surface area contributed by atoms with Gasteiger partial charge in [-0.15, -0.1) is 0 Å². The highest BCUT2D eigenvalue weighted by atomic mass is 32.2. The van der Waals surface area contributed by atoms with E-state index >= 15 is 0 Å². The maximum absolute atomic E-state index is 12.4. The van der Waals surface area contributed by atoms with Crippen LogP contribution >= 0.6 is 0 Å². The van der Waals surface area contributed by atoms with Crippen LogP contribution in [0.3, 0.4) is 0 Å². The fraction of sp³-hybridized carbons (Fsp3) is 0.600. The first-order chi connectivity index (χ1) is 10.5. The predicted octanol–water partition coefficient (Wildman–Crippen LogP) is 1.02. The summed E-state index contributed by atoms with van der Waals surface area (Å²) in [7, 11) is -3.33. The van der Waals surface area contributed by atoms with Crippen molar-refractivity contribution in [1.29, 1.82) is 0 Å². The fourth-order valence-electron chi connectivity index (χ4n) is 2.38. The van der Waals surface area contributed by atoms with E-state index < -0.39 is 15.6 Å². The maximum Gasteiger partial charge on any atom is 0.238 e. The van der Waals surface area contributed by atoms with Crippen LogP contribution in [0.1, 0.15) is 25.3 Å². The van der Waals surface area contributed by atoms with Gasteiger partial charge in [-0.2, -0.15) is 0 Å². The van der Waals surface area contributed by atoms with E-state index in [4.69, 9.17) is 4.74 Å². The summed E-state index contributed by atoms with van der Waals surface area (Å²) in [6.45, 7) is 3.06. The smallest absolute Gasteiger partial charge is 0.238 e. The van der Waals surface area contributed by atoms with Crippen molar-refractivity contribution >= 4 is 15.7 Å². The van der Waals surface area contributed by atoms with Gasteiger partial charge in [-0.25, -0.2) is 8.42 Å². The zero-order chi connectivity index (χ0) is 16.0. The number of hydrogen-bond donors (Lipinski definition) is 0. The summed E-state index contributed by atoms with van der Waals surface area (Å²) in [4.78, 5) is 17.9. The number of carbonyl (C=O) groups excluding carboxylic acids is 1. The van der Waals surface area contributed by atoms with E-state index in [9.17, 15) is 13.2 Å². The van der Waals surface area contributed by atoms with Crippen molar-refractivity contribution < 1.29 is 17.9 Å². The summed E-state index contributed by atoms with van der Waals surface area (Å²) in [5.74, 6) is -0.836. The molecule has 0 aromatic carbocycles. The van der Waals surface area contributed by atoms with Gasteiger partial charge >= 0.3 is 0 Å². The van der Waals surface area contributed by atoms with E-state index in [0.717, 1.165) is 18.4 Å². The molecule has 0 radical (unpaired) electrons. The molecule has 0 N–H and O–H groups in total. The first-order valence-electron chi connectivity index (χ1n) is 7.49. The van der Waals surface area contributed by atoms with Crippen molar-refractivity contribution in [3.63, 3.8) is 0 Å². The number of ether oxygens (including phenoxy) is 1. The molecule has 1 aromatic rings. The van der Waals surface area contributed by atoms with Gasteiger partial charge in [-0.1, -0.05) is 6.92 Å². The van der Waals surface area contributed by atoms with Crippen molar-refractivity contribution in [3.05, 3.63) is 30.1 Å². The third kappa shape index (κ3) is 5.06. The molecular formula is C15H22N2O4S. The highest BCUT2D eigenvalue weighted by molar-refractivity contribution is 7.92. The van der Waals surface area contributed by atoms with Crippen LogP contribution in [-0.4, -0.2) is 55.0 Å². The number of amides is 1.